The van der Waals surface area contributed by atoms with Crippen molar-refractivity contribution in [1.82, 2.24) is 5.32 Å². The van der Waals surface area contributed by atoms with Gasteiger partial charge in [0.25, 0.3) is 0 Å². The molecule has 0 bridgehead atoms. The van der Waals surface area contributed by atoms with Crippen LogP contribution in [0.4, 0.5) is 0 Å². The van der Waals surface area contributed by atoms with Gasteiger partial charge in [-0.15, -0.1) is 0 Å². The molecule has 3 rings (SSSR count). The average molecular weight is 241 g/mol. The van der Waals surface area contributed by atoms with Gasteiger partial charge in [-0.2, -0.15) is 0 Å². The second-order valence-electron chi connectivity index (χ2n) is 4.74. The Balaban J connectivity index is 0.000000367. The monoisotopic (exact) mass is 241 g/mol. The van der Waals surface area contributed by atoms with Crippen LogP contribution in [0.5, 0.6) is 0 Å². The molecule has 0 saturated heterocycles. The molecule has 2 heteroatoms. The predicted molar refractivity (Wildman–Crippen MR) is 75.8 cm³/mol. The van der Waals surface area contributed by atoms with Gasteiger partial charge in [0, 0.05) is 5.92 Å². The Hall–Kier alpha value is -1.67. The molecule has 0 aliphatic heterocycles. The van der Waals surface area contributed by atoms with Crippen molar-refractivity contribution >= 4 is 16.6 Å². The zero-order chi connectivity index (χ0) is 13.1. The van der Waals surface area contributed by atoms with Crippen LogP contribution in [0.25, 0.3) is 10.8 Å². The summed E-state index contributed by atoms with van der Waals surface area (Å²) >= 11 is 0. The summed E-state index contributed by atoms with van der Waals surface area (Å²) in [6.45, 7) is 2.01. The topological polar surface area (TPSA) is 29.1 Å². The first-order valence-electron chi connectivity index (χ1n) is 6.30. The first-order chi connectivity index (χ1) is 8.70. The largest absolute Gasteiger partial charge is 0.323 e. The Morgan fingerprint density at radius 3 is 2.17 bits per heavy atom. The molecular formula is C16H19NO. The molecule has 0 radical (unpaired) electrons. The van der Waals surface area contributed by atoms with E-state index in [0.29, 0.717) is 5.78 Å². The van der Waals surface area contributed by atoms with Crippen molar-refractivity contribution in [2.24, 2.45) is 5.92 Å². The standard InChI is InChI=1S/C14H12O.C2H7N/c1-9-13(14(9)15)12-8-4-6-10-5-2-3-7-11(10)12;1-3-2/h2-9,13H,1H3;3H,1-2H3. The lowest BCUT2D eigenvalue weighted by Crippen LogP contribution is -1.89. The van der Waals surface area contributed by atoms with E-state index in [1.165, 1.54) is 16.3 Å². The number of carbonyl (C=O) groups is 1. The summed E-state index contributed by atoms with van der Waals surface area (Å²) in [5.74, 6) is 0.748. The van der Waals surface area contributed by atoms with Crippen molar-refractivity contribution in [3.05, 3.63) is 48.0 Å². The van der Waals surface area contributed by atoms with E-state index in [4.69, 9.17) is 0 Å². The van der Waals surface area contributed by atoms with Gasteiger partial charge in [-0.3, -0.25) is 4.79 Å². The van der Waals surface area contributed by atoms with Crippen molar-refractivity contribution in [2.45, 2.75) is 12.8 Å². The molecule has 1 aliphatic rings. The lowest BCUT2D eigenvalue weighted by atomic mass is 10.0. The molecule has 94 valence electrons. The van der Waals surface area contributed by atoms with Crippen LogP contribution in [0.15, 0.2) is 42.5 Å². The van der Waals surface area contributed by atoms with Gasteiger partial charge in [0.05, 0.1) is 5.92 Å². The minimum atomic E-state index is 0.149. The van der Waals surface area contributed by atoms with Crippen molar-refractivity contribution in [3.8, 4) is 0 Å². The van der Waals surface area contributed by atoms with Gasteiger partial charge in [-0.1, -0.05) is 49.4 Å². The minimum Gasteiger partial charge on any atom is -0.323 e. The Bertz CT molecular complexity index is 557. The Morgan fingerprint density at radius 2 is 1.56 bits per heavy atom. The third kappa shape index (κ3) is 2.29. The number of ketones is 1. The normalized spacial score (nSPS) is 21.4. The van der Waals surface area contributed by atoms with Gasteiger partial charge < -0.3 is 5.32 Å². The Morgan fingerprint density at radius 1 is 1.00 bits per heavy atom. The van der Waals surface area contributed by atoms with Crippen LogP contribution < -0.4 is 5.32 Å². The second-order valence-corrected chi connectivity index (χ2v) is 4.74. The molecule has 0 aromatic heterocycles. The highest BCUT2D eigenvalue weighted by atomic mass is 16.1. The lowest BCUT2D eigenvalue weighted by Gasteiger charge is -2.03. The Labute approximate surface area is 108 Å². The van der Waals surface area contributed by atoms with Crippen LogP contribution in [0.3, 0.4) is 0 Å². The summed E-state index contributed by atoms with van der Waals surface area (Å²) in [4.78, 5) is 11.5. The molecule has 1 saturated carbocycles. The zero-order valence-electron chi connectivity index (χ0n) is 11.1. The maximum absolute atomic E-state index is 11.5. The summed E-state index contributed by atoms with van der Waals surface area (Å²) in [5.41, 5.74) is 1.20. The summed E-state index contributed by atoms with van der Waals surface area (Å²) in [6.07, 6.45) is 0. The number of Topliss-reactive ketones (excluding diaryl/α,β-unsaturated/α-hetero) is 1. The summed E-state index contributed by atoms with van der Waals surface area (Å²) in [5, 5.41) is 5.20. The van der Waals surface area contributed by atoms with Gasteiger partial charge in [0.2, 0.25) is 0 Å². The third-order valence-corrected chi connectivity index (χ3v) is 3.30. The molecule has 1 fully saturated rings. The van der Waals surface area contributed by atoms with Crippen LogP contribution in [0, 0.1) is 5.92 Å². The molecule has 2 nitrogen and oxygen atoms in total. The van der Waals surface area contributed by atoms with E-state index < -0.39 is 0 Å². The van der Waals surface area contributed by atoms with Gasteiger partial charge in [0.1, 0.15) is 5.78 Å². The van der Waals surface area contributed by atoms with Crippen molar-refractivity contribution in [2.75, 3.05) is 14.1 Å². The average Bonchev–Trinajstić information content (AvgIpc) is 2.97. The minimum absolute atomic E-state index is 0.149. The number of hydrogen-bond donors (Lipinski definition) is 1. The van der Waals surface area contributed by atoms with Crippen molar-refractivity contribution < 1.29 is 4.79 Å². The first kappa shape index (κ1) is 12.8. The molecule has 2 atom stereocenters. The Kier molecular flexibility index (Phi) is 3.78. The van der Waals surface area contributed by atoms with Crippen LogP contribution in [0.1, 0.15) is 18.4 Å². The molecule has 0 heterocycles. The van der Waals surface area contributed by atoms with Crippen LogP contribution in [0.2, 0.25) is 0 Å². The number of nitrogens with one attached hydrogen (secondary N) is 1. The van der Waals surface area contributed by atoms with Crippen molar-refractivity contribution in [1.29, 1.82) is 0 Å². The summed E-state index contributed by atoms with van der Waals surface area (Å²) < 4.78 is 0. The second kappa shape index (κ2) is 5.32. The number of rotatable bonds is 1. The number of carbonyl (C=O) groups excluding carboxylic acids is 1. The van der Waals surface area contributed by atoms with Crippen LogP contribution >= 0.6 is 0 Å². The van der Waals surface area contributed by atoms with E-state index in [9.17, 15) is 4.79 Å². The van der Waals surface area contributed by atoms with Gasteiger partial charge >= 0.3 is 0 Å². The predicted octanol–water partition coefficient (Wildman–Crippen LogP) is 2.98. The van der Waals surface area contributed by atoms with Crippen molar-refractivity contribution in [3.63, 3.8) is 0 Å². The summed E-state index contributed by atoms with van der Waals surface area (Å²) in [7, 11) is 3.75. The fourth-order valence-electron chi connectivity index (χ4n) is 2.31. The fourth-order valence-corrected chi connectivity index (χ4v) is 2.31. The highest BCUT2D eigenvalue weighted by molar-refractivity contribution is 6.07. The van der Waals surface area contributed by atoms with Gasteiger partial charge in [0.15, 0.2) is 0 Å². The number of hydrogen-bond acceptors (Lipinski definition) is 2. The maximum Gasteiger partial charge on any atom is 0.144 e. The molecule has 0 spiro atoms. The van der Waals surface area contributed by atoms with E-state index in [2.05, 4.69) is 29.6 Å². The first-order valence-corrected chi connectivity index (χ1v) is 6.30. The molecule has 2 aromatic carbocycles. The van der Waals surface area contributed by atoms with Crippen LogP contribution in [-0.2, 0) is 4.79 Å². The highest BCUT2D eigenvalue weighted by Gasteiger charge is 2.46. The maximum atomic E-state index is 11.5. The van der Waals surface area contributed by atoms with E-state index in [1.54, 1.807) is 0 Å². The number of benzene rings is 2. The molecule has 2 unspecified atom stereocenters. The fraction of sp³-hybridized carbons (Fsp3) is 0.312. The molecular weight excluding hydrogens is 222 g/mol. The molecule has 0 amide bonds. The van der Waals surface area contributed by atoms with Crippen LogP contribution in [-0.4, -0.2) is 19.9 Å². The summed E-state index contributed by atoms with van der Waals surface area (Å²) in [6, 6.07) is 14.5. The number of fused-ring (bicyclic) bond motifs is 1. The smallest absolute Gasteiger partial charge is 0.144 e. The molecule has 1 N–H and O–H groups in total. The van der Waals surface area contributed by atoms with E-state index in [-0.39, 0.29) is 11.8 Å². The molecule has 2 aromatic rings. The highest BCUT2D eigenvalue weighted by Crippen LogP contribution is 2.44. The molecule has 1 aliphatic carbocycles. The zero-order valence-corrected chi connectivity index (χ0v) is 11.1. The van der Waals surface area contributed by atoms with E-state index in [0.717, 1.165) is 0 Å². The SMILES string of the molecule is CC1C(=O)C1c1cccc2ccccc12.CNC. The quantitative estimate of drug-likeness (QED) is 0.831. The third-order valence-electron chi connectivity index (χ3n) is 3.30. The van der Waals surface area contributed by atoms with Gasteiger partial charge in [-0.05, 0) is 30.4 Å². The van der Waals surface area contributed by atoms with E-state index >= 15 is 0 Å². The lowest BCUT2D eigenvalue weighted by molar-refractivity contribution is -0.111. The van der Waals surface area contributed by atoms with E-state index in [1.807, 2.05) is 39.2 Å². The molecule has 18 heavy (non-hydrogen) atoms. The van der Waals surface area contributed by atoms with Gasteiger partial charge in [-0.25, -0.2) is 0 Å².